The topological polar surface area (TPSA) is 49.8 Å². The average molecular weight is 289 g/mol. The van der Waals surface area contributed by atoms with E-state index in [0.29, 0.717) is 24.9 Å². The van der Waals surface area contributed by atoms with Gasteiger partial charge in [0.1, 0.15) is 11.4 Å². The zero-order valence-electron chi connectivity index (χ0n) is 12.7. The first-order valence-corrected chi connectivity index (χ1v) is 7.71. The number of likely N-dealkylation sites (tertiary alicyclic amines) is 1. The van der Waals surface area contributed by atoms with Crippen LogP contribution >= 0.6 is 0 Å². The van der Waals surface area contributed by atoms with Gasteiger partial charge in [-0.15, -0.1) is 0 Å². The number of benzene rings is 1. The summed E-state index contributed by atoms with van der Waals surface area (Å²) in [6.07, 6.45) is 2.19. The Balaban J connectivity index is 1.53. The number of hydrogen-bond donors (Lipinski definition) is 1. The van der Waals surface area contributed by atoms with E-state index < -0.39 is 5.60 Å². The normalized spacial score (nSPS) is 20.3. The van der Waals surface area contributed by atoms with Crippen LogP contribution < -0.4 is 4.74 Å². The molecule has 1 amide bonds. The number of aliphatic hydroxyl groups is 1. The number of rotatable bonds is 5. The molecule has 1 heterocycles. The van der Waals surface area contributed by atoms with E-state index in [4.69, 9.17) is 4.74 Å². The van der Waals surface area contributed by atoms with Crippen LogP contribution in [0.1, 0.15) is 38.2 Å². The molecule has 0 spiro atoms. The molecule has 2 aliphatic rings. The molecule has 1 aliphatic heterocycles. The SMILES string of the molecule is CC(C)c1ccccc1OCC(=O)N1CC(O)(C2CC2)C1. The molecule has 1 saturated carbocycles. The van der Waals surface area contributed by atoms with E-state index in [2.05, 4.69) is 13.8 Å². The van der Waals surface area contributed by atoms with Crippen LogP contribution in [0.5, 0.6) is 5.75 Å². The predicted octanol–water partition coefficient (Wildman–Crippen LogP) is 2.17. The summed E-state index contributed by atoms with van der Waals surface area (Å²) >= 11 is 0. The van der Waals surface area contributed by atoms with Gasteiger partial charge in [0.05, 0.1) is 13.1 Å². The first-order valence-electron chi connectivity index (χ1n) is 7.71. The number of amides is 1. The number of β-amino-alcohol motifs (C(OH)–C–C–N with tert-alkyl or cyclic N) is 1. The molecule has 0 bridgehead atoms. The van der Waals surface area contributed by atoms with Crippen LogP contribution in [0, 0.1) is 5.92 Å². The Labute approximate surface area is 125 Å². The molecule has 0 unspecified atom stereocenters. The van der Waals surface area contributed by atoms with E-state index in [0.717, 1.165) is 24.2 Å². The maximum Gasteiger partial charge on any atom is 0.260 e. The van der Waals surface area contributed by atoms with Crippen molar-refractivity contribution in [1.82, 2.24) is 4.90 Å². The highest BCUT2D eigenvalue weighted by molar-refractivity contribution is 5.79. The van der Waals surface area contributed by atoms with Gasteiger partial charge in [-0.1, -0.05) is 32.0 Å². The molecular weight excluding hydrogens is 266 g/mol. The van der Waals surface area contributed by atoms with Crippen molar-refractivity contribution in [2.75, 3.05) is 19.7 Å². The number of nitrogens with zero attached hydrogens (tertiary/aromatic N) is 1. The van der Waals surface area contributed by atoms with E-state index in [-0.39, 0.29) is 12.5 Å². The summed E-state index contributed by atoms with van der Waals surface area (Å²) in [5, 5.41) is 10.2. The molecule has 4 nitrogen and oxygen atoms in total. The smallest absolute Gasteiger partial charge is 0.260 e. The maximum atomic E-state index is 12.1. The molecule has 0 atom stereocenters. The second-order valence-corrected chi connectivity index (χ2v) is 6.61. The lowest BCUT2D eigenvalue weighted by Crippen LogP contribution is -2.65. The zero-order chi connectivity index (χ0) is 15.0. The molecule has 0 radical (unpaired) electrons. The van der Waals surface area contributed by atoms with Crippen molar-refractivity contribution in [2.45, 2.75) is 38.2 Å². The van der Waals surface area contributed by atoms with Crippen LogP contribution in [0.15, 0.2) is 24.3 Å². The minimum atomic E-state index is -0.620. The second-order valence-electron chi connectivity index (χ2n) is 6.61. The lowest BCUT2D eigenvalue weighted by molar-refractivity contribution is -0.161. The maximum absolute atomic E-state index is 12.1. The highest BCUT2D eigenvalue weighted by atomic mass is 16.5. The van der Waals surface area contributed by atoms with Crippen molar-refractivity contribution >= 4 is 5.91 Å². The van der Waals surface area contributed by atoms with Crippen LogP contribution in [0.3, 0.4) is 0 Å². The quantitative estimate of drug-likeness (QED) is 0.904. The summed E-state index contributed by atoms with van der Waals surface area (Å²) < 4.78 is 5.69. The van der Waals surface area contributed by atoms with Crippen molar-refractivity contribution < 1.29 is 14.6 Å². The third kappa shape index (κ3) is 2.91. The zero-order valence-corrected chi connectivity index (χ0v) is 12.7. The number of hydrogen-bond acceptors (Lipinski definition) is 3. The van der Waals surface area contributed by atoms with Gasteiger partial charge in [-0.2, -0.15) is 0 Å². The minimum Gasteiger partial charge on any atom is -0.483 e. The molecule has 1 aromatic rings. The predicted molar refractivity (Wildman–Crippen MR) is 80.3 cm³/mol. The summed E-state index contributed by atoms with van der Waals surface area (Å²) in [5.74, 6) is 1.50. The van der Waals surface area contributed by atoms with E-state index >= 15 is 0 Å². The molecule has 1 aliphatic carbocycles. The molecule has 21 heavy (non-hydrogen) atoms. The van der Waals surface area contributed by atoms with Gasteiger partial charge in [-0.05, 0) is 36.3 Å². The van der Waals surface area contributed by atoms with Gasteiger partial charge in [0.2, 0.25) is 0 Å². The van der Waals surface area contributed by atoms with Crippen LogP contribution in [0.4, 0.5) is 0 Å². The third-order valence-corrected chi connectivity index (χ3v) is 4.51. The Morgan fingerprint density at radius 3 is 2.67 bits per heavy atom. The van der Waals surface area contributed by atoms with Crippen molar-refractivity contribution in [3.63, 3.8) is 0 Å². The molecule has 1 aromatic carbocycles. The Hall–Kier alpha value is -1.55. The van der Waals surface area contributed by atoms with Gasteiger partial charge in [-0.3, -0.25) is 4.79 Å². The average Bonchev–Trinajstić information content (AvgIpc) is 3.26. The second kappa shape index (κ2) is 5.34. The van der Waals surface area contributed by atoms with Crippen molar-refractivity contribution in [2.24, 2.45) is 5.92 Å². The largest absolute Gasteiger partial charge is 0.483 e. The van der Waals surface area contributed by atoms with Gasteiger partial charge in [-0.25, -0.2) is 0 Å². The molecule has 1 N–H and O–H groups in total. The molecule has 4 heteroatoms. The Morgan fingerprint density at radius 1 is 1.38 bits per heavy atom. The van der Waals surface area contributed by atoms with Gasteiger partial charge in [0, 0.05) is 0 Å². The summed E-state index contributed by atoms with van der Waals surface area (Å²) in [6.45, 7) is 5.19. The summed E-state index contributed by atoms with van der Waals surface area (Å²) in [4.78, 5) is 13.8. The van der Waals surface area contributed by atoms with Gasteiger partial charge >= 0.3 is 0 Å². The highest BCUT2D eigenvalue weighted by Crippen LogP contribution is 2.44. The molecule has 114 valence electrons. The fourth-order valence-corrected chi connectivity index (χ4v) is 2.99. The van der Waals surface area contributed by atoms with E-state index in [9.17, 15) is 9.90 Å². The van der Waals surface area contributed by atoms with Gasteiger partial charge < -0.3 is 14.7 Å². The molecular formula is C17H23NO3. The first kappa shape index (κ1) is 14.4. The van der Waals surface area contributed by atoms with Gasteiger partial charge in [0.25, 0.3) is 5.91 Å². The number of carbonyl (C=O) groups excluding carboxylic acids is 1. The molecule has 0 aromatic heterocycles. The summed E-state index contributed by atoms with van der Waals surface area (Å²) in [5.41, 5.74) is 0.495. The monoisotopic (exact) mass is 289 g/mol. The third-order valence-electron chi connectivity index (χ3n) is 4.51. The summed E-state index contributed by atoms with van der Waals surface area (Å²) in [6, 6.07) is 7.83. The minimum absolute atomic E-state index is 0.0427. The van der Waals surface area contributed by atoms with Crippen LogP contribution in [-0.2, 0) is 4.79 Å². The molecule has 1 saturated heterocycles. The van der Waals surface area contributed by atoms with Crippen LogP contribution in [-0.4, -0.2) is 41.2 Å². The van der Waals surface area contributed by atoms with Crippen LogP contribution in [0.25, 0.3) is 0 Å². The Bertz CT molecular complexity index is 531. The van der Waals surface area contributed by atoms with E-state index in [1.165, 1.54) is 0 Å². The van der Waals surface area contributed by atoms with E-state index in [1.54, 1.807) is 4.90 Å². The summed E-state index contributed by atoms with van der Waals surface area (Å²) in [7, 11) is 0. The standard InChI is InChI=1S/C17H23NO3/c1-12(2)14-5-3-4-6-15(14)21-9-16(19)18-10-17(20,11-18)13-7-8-13/h3-6,12-13,20H,7-11H2,1-2H3. The van der Waals surface area contributed by atoms with E-state index in [1.807, 2.05) is 24.3 Å². The number of ether oxygens (including phenoxy) is 1. The first-order chi connectivity index (χ1) is 9.99. The van der Waals surface area contributed by atoms with Crippen molar-refractivity contribution in [3.8, 4) is 5.75 Å². The van der Waals surface area contributed by atoms with Gasteiger partial charge in [0.15, 0.2) is 6.61 Å². The Kier molecular flexibility index (Phi) is 3.66. The molecule has 3 rings (SSSR count). The number of carbonyl (C=O) groups is 1. The van der Waals surface area contributed by atoms with Crippen molar-refractivity contribution in [1.29, 1.82) is 0 Å². The van der Waals surface area contributed by atoms with Crippen molar-refractivity contribution in [3.05, 3.63) is 29.8 Å². The fraction of sp³-hybridized carbons (Fsp3) is 0.588. The fourth-order valence-electron chi connectivity index (χ4n) is 2.99. The van der Waals surface area contributed by atoms with Crippen LogP contribution in [0.2, 0.25) is 0 Å². The lowest BCUT2D eigenvalue weighted by Gasteiger charge is -2.46. The highest BCUT2D eigenvalue weighted by Gasteiger charge is 2.53. The lowest BCUT2D eigenvalue weighted by atomic mass is 9.89. The molecule has 2 fully saturated rings. The Morgan fingerprint density at radius 2 is 2.05 bits per heavy atom. The number of para-hydroxylation sites is 1.